The largest absolute Gasteiger partial charge is 0.494 e. The average Bonchev–Trinajstić information content (AvgIpc) is 2.92. The summed E-state index contributed by atoms with van der Waals surface area (Å²) in [6.07, 6.45) is 2.63. The molecule has 2 heterocycles. The van der Waals surface area contributed by atoms with Crippen LogP contribution < -0.4 is 4.74 Å². The first kappa shape index (κ1) is 21.6. The predicted molar refractivity (Wildman–Crippen MR) is 130 cm³/mol. The van der Waals surface area contributed by atoms with Gasteiger partial charge in [-0.3, -0.25) is 4.79 Å². The summed E-state index contributed by atoms with van der Waals surface area (Å²) in [6, 6.07) is 24.1. The van der Waals surface area contributed by atoms with E-state index >= 15 is 0 Å². The standard InChI is InChI=1S/C27H26ClNO2S/c28-20-11-12-24-22(19-20)26(30)27(23-9-4-5-10-25(23)32-24)13-16-29(17-14-27)15-6-18-31-21-7-2-1-3-8-21/h1-5,7-12,19H,6,13-18H2. The van der Waals surface area contributed by atoms with Crippen molar-refractivity contribution < 1.29 is 9.53 Å². The Hall–Kier alpha value is -2.27. The topological polar surface area (TPSA) is 29.5 Å². The van der Waals surface area contributed by atoms with E-state index in [0.29, 0.717) is 11.6 Å². The van der Waals surface area contributed by atoms with Gasteiger partial charge in [-0.1, -0.05) is 59.8 Å². The minimum atomic E-state index is -0.476. The zero-order valence-electron chi connectivity index (χ0n) is 17.9. The Morgan fingerprint density at radius 2 is 1.69 bits per heavy atom. The highest BCUT2D eigenvalue weighted by Gasteiger charge is 2.46. The number of nitrogens with zero attached hydrogens (tertiary/aromatic N) is 1. The molecule has 0 bridgehead atoms. The molecule has 0 radical (unpaired) electrons. The molecule has 0 saturated carbocycles. The maximum absolute atomic E-state index is 13.9. The fourth-order valence-electron chi connectivity index (χ4n) is 4.87. The number of ketones is 1. The highest BCUT2D eigenvalue weighted by atomic mass is 35.5. The molecular weight excluding hydrogens is 438 g/mol. The van der Waals surface area contributed by atoms with Crippen LogP contribution in [0.25, 0.3) is 0 Å². The van der Waals surface area contributed by atoms with Crippen LogP contribution in [-0.4, -0.2) is 36.9 Å². The number of rotatable bonds is 5. The molecule has 1 saturated heterocycles. The monoisotopic (exact) mass is 463 g/mol. The van der Waals surface area contributed by atoms with E-state index in [-0.39, 0.29) is 5.78 Å². The second-order valence-electron chi connectivity index (χ2n) is 8.51. The Labute approximate surface area is 198 Å². The van der Waals surface area contributed by atoms with Crippen LogP contribution in [0.2, 0.25) is 5.02 Å². The number of halogens is 1. The third-order valence-corrected chi connectivity index (χ3v) is 7.97. The Morgan fingerprint density at radius 3 is 2.50 bits per heavy atom. The quantitative estimate of drug-likeness (QED) is 0.404. The number of carbonyl (C=O) groups excluding carboxylic acids is 1. The molecule has 0 aliphatic carbocycles. The van der Waals surface area contributed by atoms with Gasteiger partial charge in [-0.25, -0.2) is 0 Å². The number of fused-ring (bicyclic) bond motifs is 3. The molecule has 164 valence electrons. The normalized spacial score (nSPS) is 17.5. The molecule has 3 aromatic carbocycles. The summed E-state index contributed by atoms with van der Waals surface area (Å²) < 4.78 is 5.84. The number of hydrogen-bond acceptors (Lipinski definition) is 4. The molecule has 0 atom stereocenters. The maximum atomic E-state index is 13.9. The van der Waals surface area contributed by atoms with E-state index < -0.39 is 5.41 Å². The molecule has 2 aliphatic rings. The van der Waals surface area contributed by atoms with Crippen LogP contribution in [0.1, 0.15) is 35.2 Å². The fraction of sp³-hybridized carbons (Fsp3) is 0.296. The molecule has 0 unspecified atom stereocenters. The number of carbonyl (C=O) groups is 1. The molecule has 5 rings (SSSR count). The molecule has 3 aromatic rings. The lowest BCUT2D eigenvalue weighted by molar-refractivity contribution is 0.0759. The van der Waals surface area contributed by atoms with Crippen molar-refractivity contribution in [3.63, 3.8) is 0 Å². The Kier molecular flexibility index (Phi) is 6.27. The van der Waals surface area contributed by atoms with Gasteiger partial charge in [0.1, 0.15) is 5.75 Å². The number of hydrogen-bond donors (Lipinski definition) is 0. The van der Waals surface area contributed by atoms with Gasteiger partial charge in [0, 0.05) is 26.9 Å². The van der Waals surface area contributed by atoms with Crippen molar-refractivity contribution >= 4 is 29.1 Å². The SMILES string of the molecule is O=C1c2cc(Cl)ccc2Sc2ccccc2C12CCN(CCCOc1ccccc1)CC2. The van der Waals surface area contributed by atoms with Gasteiger partial charge >= 0.3 is 0 Å². The molecule has 5 heteroatoms. The van der Waals surface area contributed by atoms with Gasteiger partial charge in [-0.2, -0.15) is 0 Å². The van der Waals surface area contributed by atoms with Gasteiger partial charge in [0.25, 0.3) is 0 Å². The van der Waals surface area contributed by atoms with E-state index in [0.717, 1.165) is 55.1 Å². The summed E-state index contributed by atoms with van der Waals surface area (Å²) in [4.78, 5) is 18.6. The van der Waals surface area contributed by atoms with Gasteiger partial charge in [0.05, 0.1) is 12.0 Å². The van der Waals surface area contributed by atoms with E-state index in [4.69, 9.17) is 16.3 Å². The summed E-state index contributed by atoms with van der Waals surface area (Å²) in [5.74, 6) is 1.14. The molecule has 2 aliphatic heterocycles. The third kappa shape index (κ3) is 4.19. The first-order valence-electron chi connectivity index (χ1n) is 11.2. The molecular formula is C27H26ClNO2S. The summed E-state index contributed by atoms with van der Waals surface area (Å²) >= 11 is 7.98. The van der Waals surface area contributed by atoms with Crippen LogP contribution in [0, 0.1) is 0 Å². The number of piperidine rings is 1. The minimum absolute atomic E-state index is 0.222. The number of Topliss-reactive ketones (excluding diaryl/α,β-unsaturated/α-hetero) is 1. The number of ether oxygens (including phenoxy) is 1. The summed E-state index contributed by atoms with van der Waals surface area (Å²) in [6.45, 7) is 3.50. The lowest BCUT2D eigenvalue weighted by Crippen LogP contribution is -2.47. The minimum Gasteiger partial charge on any atom is -0.494 e. The third-order valence-electron chi connectivity index (χ3n) is 6.58. The number of benzene rings is 3. The van der Waals surface area contributed by atoms with E-state index in [9.17, 15) is 4.79 Å². The van der Waals surface area contributed by atoms with E-state index in [1.54, 1.807) is 11.8 Å². The van der Waals surface area contributed by atoms with Crippen molar-refractivity contribution in [2.24, 2.45) is 0 Å². The molecule has 0 amide bonds. The molecule has 1 fully saturated rings. The van der Waals surface area contributed by atoms with E-state index in [2.05, 4.69) is 29.2 Å². The Bertz CT molecular complexity index is 1110. The Balaban J connectivity index is 1.30. The lowest BCUT2D eigenvalue weighted by atomic mass is 9.68. The van der Waals surface area contributed by atoms with Crippen molar-refractivity contribution in [1.29, 1.82) is 0 Å². The number of likely N-dealkylation sites (tertiary alicyclic amines) is 1. The molecule has 0 aromatic heterocycles. The van der Waals surface area contributed by atoms with Gasteiger partial charge in [-0.05, 0) is 74.3 Å². The van der Waals surface area contributed by atoms with Crippen LogP contribution in [0.5, 0.6) is 5.75 Å². The van der Waals surface area contributed by atoms with Gasteiger partial charge in [0.15, 0.2) is 5.78 Å². The molecule has 0 N–H and O–H groups in total. The van der Waals surface area contributed by atoms with Crippen LogP contribution in [0.3, 0.4) is 0 Å². The van der Waals surface area contributed by atoms with Crippen LogP contribution in [0.4, 0.5) is 0 Å². The fourth-order valence-corrected chi connectivity index (χ4v) is 6.19. The van der Waals surface area contributed by atoms with Crippen LogP contribution in [-0.2, 0) is 5.41 Å². The summed E-state index contributed by atoms with van der Waals surface area (Å²) in [5, 5.41) is 0.620. The smallest absolute Gasteiger partial charge is 0.174 e. The average molecular weight is 464 g/mol. The highest BCUT2D eigenvalue weighted by molar-refractivity contribution is 7.99. The second kappa shape index (κ2) is 9.30. The van der Waals surface area contributed by atoms with E-state index in [1.165, 1.54) is 10.5 Å². The molecule has 1 spiro atoms. The van der Waals surface area contributed by atoms with Crippen molar-refractivity contribution in [1.82, 2.24) is 4.90 Å². The molecule has 3 nitrogen and oxygen atoms in total. The first-order valence-corrected chi connectivity index (χ1v) is 12.4. The van der Waals surface area contributed by atoms with Gasteiger partial charge < -0.3 is 9.64 Å². The molecule has 32 heavy (non-hydrogen) atoms. The van der Waals surface area contributed by atoms with Crippen molar-refractivity contribution in [3.05, 3.63) is 88.9 Å². The van der Waals surface area contributed by atoms with Gasteiger partial charge in [0.2, 0.25) is 0 Å². The van der Waals surface area contributed by atoms with Crippen molar-refractivity contribution in [2.75, 3.05) is 26.2 Å². The van der Waals surface area contributed by atoms with Crippen LogP contribution >= 0.6 is 23.4 Å². The predicted octanol–water partition coefficient (Wildman–Crippen LogP) is 6.49. The lowest BCUT2D eigenvalue weighted by Gasteiger charge is -2.41. The Morgan fingerprint density at radius 1 is 0.938 bits per heavy atom. The van der Waals surface area contributed by atoms with Gasteiger partial charge in [-0.15, -0.1) is 0 Å². The second-order valence-corrected chi connectivity index (χ2v) is 10.0. The van der Waals surface area contributed by atoms with Crippen LogP contribution in [0.15, 0.2) is 82.6 Å². The highest BCUT2D eigenvalue weighted by Crippen LogP contribution is 2.49. The van der Waals surface area contributed by atoms with Crippen molar-refractivity contribution in [3.8, 4) is 5.75 Å². The summed E-state index contributed by atoms with van der Waals surface area (Å²) in [7, 11) is 0. The summed E-state index contributed by atoms with van der Waals surface area (Å²) in [5.41, 5.74) is 1.47. The number of para-hydroxylation sites is 1. The zero-order chi connectivity index (χ0) is 22.0. The maximum Gasteiger partial charge on any atom is 0.174 e. The zero-order valence-corrected chi connectivity index (χ0v) is 19.5. The van der Waals surface area contributed by atoms with E-state index in [1.807, 2.05) is 48.5 Å². The van der Waals surface area contributed by atoms with Crippen molar-refractivity contribution in [2.45, 2.75) is 34.5 Å². The first-order chi connectivity index (χ1) is 15.7.